The molecule has 0 aromatic carbocycles. The van der Waals surface area contributed by atoms with Crippen LogP contribution in [0, 0.1) is 0 Å². The van der Waals surface area contributed by atoms with Crippen molar-refractivity contribution in [3.8, 4) is 0 Å². The van der Waals surface area contributed by atoms with Gasteiger partial charge in [0.15, 0.2) is 0 Å². The molecule has 23 heavy (non-hydrogen) atoms. The zero-order valence-electron chi connectivity index (χ0n) is 16.1. The third-order valence-corrected chi connectivity index (χ3v) is 4.34. The first-order valence-electron chi connectivity index (χ1n) is 10.2. The maximum absolute atomic E-state index is 4.67. The van der Waals surface area contributed by atoms with E-state index in [9.17, 15) is 0 Å². The van der Waals surface area contributed by atoms with Crippen LogP contribution in [0.25, 0.3) is 5.32 Å². The summed E-state index contributed by atoms with van der Waals surface area (Å²) in [5.74, 6) is 0. The summed E-state index contributed by atoms with van der Waals surface area (Å²) in [5, 5.41) is 4.67. The van der Waals surface area contributed by atoms with Gasteiger partial charge in [0.1, 0.15) is 0 Å². The number of unbranched alkanes of at least 4 members (excludes halogenated alkanes) is 14. The normalized spacial score (nSPS) is 10.3. The molecule has 0 spiro atoms. The van der Waals surface area contributed by atoms with Crippen LogP contribution in [-0.2, 0) is 19.4 Å². The molecule has 138 valence electrons. The summed E-state index contributed by atoms with van der Waals surface area (Å²) in [7, 11) is 4.64. The summed E-state index contributed by atoms with van der Waals surface area (Å²) in [6.45, 7) is 6.80. The van der Waals surface area contributed by atoms with E-state index in [2.05, 4.69) is 28.5 Å². The Labute approximate surface area is 163 Å². The number of nitrogens with zero attached hydrogens (tertiary/aromatic N) is 1. The number of hydrogen-bond acceptors (Lipinski definition) is 0. The average Bonchev–Trinajstić information content (AvgIpc) is 2.59. The molecule has 0 amide bonds. The summed E-state index contributed by atoms with van der Waals surface area (Å²) in [6.07, 6.45) is 22.5. The fourth-order valence-corrected chi connectivity index (χ4v) is 2.83. The summed E-state index contributed by atoms with van der Waals surface area (Å²) >= 11 is 1.47. The van der Waals surface area contributed by atoms with Gasteiger partial charge in [0.25, 0.3) is 0 Å². The Balaban J connectivity index is 0. The zero-order valence-corrected chi connectivity index (χ0v) is 18.4. The van der Waals surface area contributed by atoms with Crippen molar-refractivity contribution in [1.29, 1.82) is 0 Å². The first-order valence-corrected chi connectivity index (χ1v) is 12.4. The Morgan fingerprint density at radius 3 is 1.04 bits per heavy atom. The Kier molecular flexibility index (Phi) is 31.7. The molecule has 0 aliphatic rings. The molecule has 0 rings (SSSR count). The van der Waals surface area contributed by atoms with E-state index in [-0.39, 0.29) is 0 Å². The first kappa shape index (κ1) is 26.2. The van der Waals surface area contributed by atoms with Crippen LogP contribution < -0.4 is 0 Å². The van der Waals surface area contributed by atoms with Gasteiger partial charge in [-0.3, -0.25) is 0 Å². The zero-order chi connectivity index (χ0) is 17.4. The van der Waals surface area contributed by atoms with Crippen LogP contribution in [0.2, 0.25) is 0 Å². The quantitative estimate of drug-likeness (QED) is 0.168. The molecule has 0 radical (unpaired) electrons. The summed E-state index contributed by atoms with van der Waals surface area (Å²) in [4.78, 5) is 0. The second-order valence-electron chi connectivity index (χ2n) is 6.62. The van der Waals surface area contributed by atoms with E-state index in [0.29, 0.717) is 0 Å². The molecule has 1 nitrogen and oxygen atoms in total. The second-order valence-corrected chi connectivity index (χ2v) is 6.62. The number of hydrogen-bond donors (Lipinski definition) is 0. The SMILES string of the molecule is CCCCCCCCCC[N-]CCCCCCCCCC.[Cl][Ti+]. The molecule has 0 atom stereocenters. The Hall–Kier alpha value is 0.964. The van der Waals surface area contributed by atoms with E-state index in [4.69, 9.17) is 0 Å². The van der Waals surface area contributed by atoms with Crippen LogP contribution in [0.15, 0.2) is 0 Å². The third-order valence-electron chi connectivity index (χ3n) is 4.34. The van der Waals surface area contributed by atoms with Gasteiger partial charge in [-0.25, -0.2) is 0 Å². The molecule has 0 heterocycles. The molecule has 0 aromatic heterocycles. The topological polar surface area (TPSA) is 14.1 Å². The molecule has 0 aliphatic carbocycles. The van der Waals surface area contributed by atoms with Gasteiger partial charge in [0.05, 0.1) is 0 Å². The summed E-state index contributed by atoms with van der Waals surface area (Å²) < 4.78 is 0. The molecule has 0 aliphatic heterocycles. The second kappa shape index (κ2) is 27.8. The van der Waals surface area contributed by atoms with Crippen molar-refractivity contribution in [2.75, 3.05) is 13.1 Å². The molecule has 0 aromatic rings. The summed E-state index contributed by atoms with van der Waals surface area (Å²) in [5.41, 5.74) is 0. The van der Waals surface area contributed by atoms with Crippen LogP contribution >= 0.6 is 9.30 Å². The average molecular weight is 380 g/mol. The van der Waals surface area contributed by atoms with Crippen molar-refractivity contribution in [1.82, 2.24) is 0 Å². The van der Waals surface area contributed by atoms with Gasteiger partial charge >= 0.3 is 28.7 Å². The molecule has 0 unspecified atom stereocenters. The van der Waals surface area contributed by atoms with Crippen molar-refractivity contribution in [3.63, 3.8) is 0 Å². The molecule has 0 bridgehead atoms. The minimum absolute atomic E-state index is 1.12. The molecular formula is C20H42ClNTi. The van der Waals surface area contributed by atoms with Gasteiger partial charge < -0.3 is 5.32 Å². The predicted molar refractivity (Wildman–Crippen MR) is 104 cm³/mol. The van der Waals surface area contributed by atoms with E-state index in [1.807, 2.05) is 0 Å². The first-order chi connectivity index (χ1) is 11.4. The van der Waals surface area contributed by atoms with Gasteiger partial charge in [0.2, 0.25) is 0 Å². The van der Waals surface area contributed by atoms with E-state index in [0.717, 1.165) is 13.1 Å². The third kappa shape index (κ3) is 28.1. The monoisotopic (exact) mass is 379 g/mol. The molecular weight excluding hydrogens is 338 g/mol. The summed E-state index contributed by atoms with van der Waals surface area (Å²) in [6, 6.07) is 0. The fourth-order valence-electron chi connectivity index (χ4n) is 2.83. The van der Waals surface area contributed by atoms with Crippen molar-refractivity contribution in [2.24, 2.45) is 0 Å². The van der Waals surface area contributed by atoms with Gasteiger partial charge in [-0.1, -0.05) is 117 Å². The van der Waals surface area contributed by atoms with Crippen LogP contribution in [0.4, 0.5) is 0 Å². The molecule has 3 heteroatoms. The molecule has 0 saturated heterocycles. The van der Waals surface area contributed by atoms with Gasteiger partial charge in [-0.15, -0.1) is 13.1 Å². The van der Waals surface area contributed by atoms with Crippen LogP contribution in [0.3, 0.4) is 0 Å². The van der Waals surface area contributed by atoms with E-state index < -0.39 is 0 Å². The molecule has 0 N–H and O–H groups in total. The molecule has 0 fully saturated rings. The van der Waals surface area contributed by atoms with Gasteiger partial charge in [-0.2, -0.15) is 0 Å². The maximum atomic E-state index is 4.67. The van der Waals surface area contributed by atoms with E-state index in [1.165, 1.54) is 122 Å². The molecule has 0 saturated carbocycles. The van der Waals surface area contributed by atoms with Gasteiger partial charge in [0, 0.05) is 0 Å². The van der Waals surface area contributed by atoms with Gasteiger partial charge in [-0.05, 0) is 0 Å². The number of halogens is 1. The van der Waals surface area contributed by atoms with Crippen molar-refractivity contribution in [3.05, 3.63) is 5.32 Å². The van der Waals surface area contributed by atoms with E-state index >= 15 is 0 Å². The van der Waals surface area contributed by atoms with Crippen LogP contribution in [0.1, 0.15) is 117 Å². The van der Waals surface area contributed by atoms with Crippen molar-refractivity contribution < 1.29 is 19.4 Å². The van der Waals surface area contributed by atoms with Crippen LogP contribution in [-0.4, -0.2) is 13.1 Å². The Morgan fingerprint density at radius 1 is 0.478 bits per heavy atom. The predicted octanol–water partition coefficient (Wildman–Crippen LogP) is 8.33. The Bertz CT molecular complexity index is 161. The van der Waals surface area contributed by atoms with Crippen molar-refractivity contribution >= 4 is 9.30 Å². The standard InChI is InChI=1S/C20H42N.ClH.Ti/c1-3-5-7-9-11-13-15-17-19-21-20-18-16-14-12-10-8-6-4-2;;/h3-20H2,1-2H3;1H;/q-1;;+2/p-1. The van der Waals surface area contributed by atoms with E-state index in [1.54, 1.807) is 0 Å². The van der Waals surface area contributed by atoms with Crippen LogP contribution in [0.5, 0.6) is 0 Å². The Morgan fingerprint density at radius 2 is 0.739 bits per heavy atom. The van der Waals surface area contributed by atoms with Crippen molar-refractivity contribution in [2.45, 2.75) is 117 Å². The number of rotatable bonds is 18. The minimum atomic E-state index is 1.12. The fraction of sp³-hybridized carbons (Fsp3) is 1.00.